The van der Waals surface area contributed by atoms with Gasteiger partial charge >= 0.3 is 5.97 Å². The fraction of sp³-hybridized carbons (Fsp3) is 0.176. The first-order valence-corrected chi connectivity index (χ1v) is 9.96. The fourth-order valence-electron chi connectivity index (χ4n) is 2.10. The highest BCUT2D eigenvalue weighted by Crippen LogP contribution is 2.28. The lowest BCUT2D eigenvalue weighted by Crippen LogP contribution is -2.23. The molecule has 28 heavy (non-hydrogen) atoms. The van der Waals surface area contributed by atoms with E-state index < -0.39 is 28.5 Å². The van der Waals surface area contributed by atoms with Gasteiger partial charge in [-0.05, 0) is 30.3 Å². The highest BCUT2D eigenvalue weighted by Gasteiger charge is 2.19. The minimum atomic E-state index is -3.65. The van der Waals surface area contributed by atoms with Crippen LogP contribution in [-0.2, 0) is 19.6 Å². The zero-order valence-corrected chi connectivity index (χ0v) is 17.2. The number of benzene rings is 2. The van der Waals surface area contributed by atoms with Crippen molar-refractivity contribution in [3.05, 3.63) is 52.0 Å². The maximum Gasteiger partial charge on any atom is 0.340 e. The van der Waals surface area contributed by atoms with Crippen LogP contribution in [0.3, 0.4) is 0 Å². The van der Waals surface area contributed by atoms with E-state index in [9.17, 15) is 18.0 Å². The summed E-state index contributed by atoms with van der Waals surface area (Å²) in [5, 5.41) is 2.73. The van der Waals surface area contributed by atoms with E-state index in [4.69, 9.17) is 33.7 Å². The average Bonchev–Trinajstić information content (AvgIpc) is 2.62. The molecule has 0 aliphatic carbocycles. The van der Waals surface area contributed by atoms with E-state index in [0.29, 0.717) is 0 Å². The van der Waals surface area contributed by atoms with Gasteiger partial charge in [0.2, 0.25) is 10.0 Å². The molecule has 0 fully saturated rings. The van der Waals surface area contributed by atoms with Gasteiger partial charge in [0.05, 0.1) is 21.2 Å². The molecule has 2 rings (SSSR count). The smallest absolute Gasteiger partial charge is 0.340 e. The third-order valence-corrected chi connectivity index (χ3v) is 5.89. The Bertz CT molecular complexity index is 1030. The van der Waals surface area contributed by atoms with Crippen molar-refractivity contribution >= 4 is 56.5 Å². The number of nitrogen functional groups attached to an aromatic ring is 1. The number of halogens is 2. The number of hydrogen-bond acceptors (Lipinski definition) is 6. The van der Waals surface area contributed by atoms with Crippen LogP contribution in [0.2, 0.25) is 10.0 Å². The summed E-state index contributed by atoms with van der Waals surface area (Å²) in [4.78, 5) is 24.1. The van der Waals surface area contributed by atoms with Gasteiger partial charge in [0.15, 0.2) is 6.61 Å². The van der Waals surface area contributed by atoms with Crippen LogP contribution in [-0.4, -0.2) is 45.3 Å². The molecule has 2 aromatic rings. The predicted molar refractivity (Wildman–Crippen MR) is 107 cm³/mol. The van der Waals surface area contributed by atoms with E-state index in [1.807, 2.05) is 0 Å². The second-order valence-corrected chi connectivity index (χ2v) is 8.78. The normalized spacial score (nSPS) is 11.3. The highest BCUT2D eigenvalue weighted by molar-refractivity contribution is 7.89. The van der Waals surface area contributed by atoms with E-state index in [2.05, 4.69) is 5.32 Å². The van der Waals surface area contributed by atoms with Crippen molar-refractivity contribution in [3.8, 4) is 0 Å². The van der Waals surface area contributed by atoms with Gasteiger partial charge < -0.3 is 15.8 Å². The van der Waals surface area contributed by atoms with E-state index in [1.165, 1.54) is 50.5 Å². The van der Waals surface area contributed by atoms with Crippen molar-refractivity contribution < 1.29 is 22.7 Å². The van der Waals surface area contributed by atoms with Gasteiger partial charge in [-0.2, -0.15) is 0 Å². The minimum absolute atomic E-state index is 0.00800. The number of sulfonamides is 1. The van der Waals surface area contributed by atoms with Crippen LogP contribution in [0.4, 0.5) is 11.4 Å². The summed E-state index contributed by atoms with van der Waals surface area (Å²) >= 11 is 11.7. The zero-order valence-electron chi connectivity index (χ0n) is 14.9. The lowest BCUT2D eigenvalue weighted by molar-refractivity contribution is -0.119. The van der Waals surface area contributed by atoms with Gasteiger partial charge in [0.25, 0.3) is 5.91 Å². The number of esters is 1. The first kappa shape index (κ1) is 22.0. The Labute approximate surface area is 172 Å². The Hall–Kier alpha value is -2.33. The largest absolute Gasteiger partial charge is 0.452 e. The molecule has 0 radical (unpaired) electrons. The maximum absolute atomic E-state index is 12.1. The first-order valence-electron chi connectivity index (χ1n) is 7.76. The van der Waals surface area contributed by atoms with Gasteiger partial charge in [-0.25, -0.2) is 17.5 Å². The molecule has 3 N–H and O–H groups in total. The lowest BCUT2D eigenvalue weighted by Gasteiger charge is -2.13. The fourth-order valence-corrected chi connectivity index (χ4v) is 3.55. The molecular weight excluding hydrogens is 429 g/mol. The van der Waals surface area contributed by atoms with Crippen LogP contribution in [0.15, 0.2) is 41.3 Å². The van der Waals surface area contributed by atoms with Crippen LogP contribution < -0.4 is 11.1 Å². The molecule has 0 aliphatic rings. The third-order valence-electron chi connectivity index (χ3n) is 3.54. The van der Waals surface area contributed by atoms with Gasteiger partial charge in [-0.1, -0.05) is 29.3 Å². The number of ether oxygens (including phenoxy) is 1. The number of nitrogens with two attached hydrogens (primary N) is 1. The quantitative estimate of drug-likeness (QED) is 0.520. The van der Waals surface area contributed by atoms with E-state index in [0.717, 1.165) is 4.31 Å². The van der Waals surface area contributed by atoms with E-state index in [1.54, 1.807) is 0 Å². The monoisotopic (exact) mass is 445 g/mol. The number of anilines is 2. The van der Waals surface area contributed by atoms with Crippen molar-refractivity contribution in [2.45, 2.75) is 4.90 Å². The Balaban J connectivity index is 2.05. The van der Waals surface area contributed by atoms with Crippen LogP contribution in [0, 0.1) is 0 Å². The summed E-state index contributed by atoms with van der Waals surface area (Å²) < 4.78 is 30.2. The molecule has 0 bridgehead atoms. The molecule has 0 saturated heterocycles. The SMILES string of the molecule is CN(C)S(=O)(=O)c1cccc(NC(=O)COC(=O)c2cc(Cl)cc(Cl)c2N)c1. The molecule has 0 aromatic heterocycles. The van der Waals surface area contributed by atoms with Crippen LogP contribution in [0.5, 0.6) is 0 Å². The molecule has 0 atom stereocenters. The third kappa shape index (κ3) is 5.14. The number of carbonyl (C=O) groups is 2. The summed E-state index contributed by atoms with van der Waals surface area (Å²) in [6, 6.07) is 8.32. The van der Waals surface area contributed by atoms with Crippen LogP contribution >= 0.6 is 23.2 Å². The molecule has 11 heteroatoms. The second-order valence-electron chi connectivity index (χ2n) is 5.79. The Morgan fingerprint density at radius 2 is 1.86 bits per heavy atom. The van der Waals surface area contributed by atoms with E-state index >= 15 is 0 Å². The molecule has 0 unspecified atom stereocenters. The molecule has 0 saturated carbocycles. The van der Waals surface area contributed by atoms with Crippen molar-refractivity contribution in [3.63, 3.8) is 0 Å². The van der Waals surface area contributed by atoms with Crippen molar-refractivity contribution in [1.82, 2.24) is 4.31 Å². The molecule has 0 spiro atoms. The minimum Gasteiger partial charge on any atom is -0.452 e. The topological polar surface area (TPSA) is 119 Å². The number of amides is 1. The van der Waals surface area contributed by atoms with Crippen LogP contribution in [0.25, 0.3) is 0 Å². The summed E-state index contributed by atoms with van der Waals surface area (Å²) in [5.41, 5.74) is 5.86. The second kappa shape index (κ2) is 8.78. The zero-order chi connectivity index (χ0) is 21.1. The number of hydrogen-bond donors (Lipinski definition) is 2. The highest BCUT2D eigenvalue weighted by atomic mass is 35.5. The van der Waals surface area contributed by atoms with Gasteiger partial charge in [-0.3, -0.25) is 4.79 Å². The molecule has 0 heterocycles. The predicted octanol–water partition coefficient (Wildman–Crippen LogP) is 2.62. The Morgan fingerprint density at radius 1 is 1.18 bits per heavy atom. The Morgan fingerprint density at radius 3 is 2.50 bits per heavy atom. The molecule has 8 nitrogen and oxygen atoms in total. The molecular formula is C17H17Cl2N3O5S. The van der Waals surface area contributed by atoms with Gasteiger partial charge in [0.1, 0.15) is 0 Å². The summed E-state index contributed by atoms with van der Waals surface area (Å²) in [5.74, 6) is -1.54. The van der Waals surface area contributed by atoms with Crippen molar-refractivity contribution in [2.75, 3.05) is 31.8 Å². The molecule has 2 aromatic carbocycles. The molecule has 0 aliphatic heterocycles. The number of rotatable bonds is 6. The molecule has 150 valence electrons. The number of nitrogens with zero attached hydrogens (tertiary/aromatic N) is 1. The first-order chi connectivity index (χ1) is 13.0. The Kier molecular flexibility index (Phi) is 6.89. The maximum atomic E-state index is 12.1. The average molecular weight is 446 g/mol. The van der Waals surface area contributed by atoms with Gasteiger partial charge in [0, 0.05) is 24.8 Å². The van der Waals surface area contributed by atoms with E-state index in [-0.39, 0.29) is 31.9 Å². The summed E-state index contributed by atoms with van der Waals surface area (Å²) in [6.07, 6.45) is 0. The standard InChI is InChI=1S/C17H17Cl2N3O5S/c1-22(2)28(25,26)12-5-3-4-11(8-12)21-15(23)9-27-17(24)13-6-10(18)7-14(19)16(13)20/h3-8H,9,20H2,1-2H3,(H,21,23). The van der Waals surface area contributed by atoms with Crippen molar-refractivity contribution in [2.24, 2.45) is 0 Å². The summed E-state index contributed by atoms with van der Waals surface area (Å²) in [7, 11) is -0.859. The molecule has 1 amide bonds. The number of carbonyl (C=O) groups excluding carboxylic acids is 2. The van der Waals surface area contributed by atoms with Crippen LogP contribution in [0.1, 0.15) is 10.4 Å². The van der Waals surface area contributed by atoms with Crippen molar-refractivity contribution in [1.29, 1.82) is 0 Å². The van der Waals surface area contributed by atoms with Gasteiger partial charge in [-0.15, -0.1) is 0 Å². The summed E-state index contributed by atoms with van der Waals surface area (Å²) in [6.45, 7) is -0.618. The number of nitrogens with one attached hydrogen (secondary N) is 1. The lowest BCUT2D eigenvalue weighted by atomic mass is 10.2.